The van der Waals surface area contributed by atoms with Crippen molar-refractivity contribution < 1.29 is 4.74 Å². The minimum Gasteiger partial charge on any atom is -0.489 e. The highest BCUT2D eigenvalue weighted by molar-refractivity contribution is 7.19. The molecule has 0 amide bonds. The second-order valence-electron chi connectivity index (χ2n) is 7.59. The number of pyridine rings is 1. The number of aryl methyl sites for hydroxylation is 2. The molecule has 0 fully saturated rings. The number of benzene rings is 2. The fourth-order valence-electron chi connectivity index (χ4n) is 4.08. The van der Waals surface area contributed by atoms with E-state index in [0.29, 0.717) is 12.4 Å². The van der Waals surface area contributed by atoms with Crippen LogP contribution in [0.5, 0.6) is 5.75 Å². The monoisotopic (exact) mass is 401 g/mol. The van der Waals surface area contributed by atoms with Crippen molar-refractivity contribution >= 4 is 21.4 Å². The zero-order valence-corrected chi connectivity index (χ0v) is 17.1. The van der Waals surface area contributed by atoms with E-state index in [0.717, 1.165) is 11.3 Å². The van der Waals surface area contributed by atoms with Gasteiger partial charge in [0.15, 0.2) is 0 Å². The number of aromatic nitrogens is 1. The Balaban J connectivity index is 1.41. The summed E-state index contributed by atoms with van der Waals surface area (Å²) in [6, 6.07) is 19.8. The first kappa shape index (κ1) is 18.2. The van der Waals surface area contributed by atoms with Crippen molar-refractivity contribution in [3.63, 3.8) is 0 Å². The number of fused-ring (bicyclic) bond motifs is 3. The molecule has 3 nitrogen and oxygen atoms in total. The standard InChI is InChI=1S/C25H23NO2S/c27-25-16-20(28-17-18-7-3-1-4-8-18)13-14-26(25)19-11-12-22-21-9-5-2-6-10-23(21)29-24(22)15-19/h1,3-4,7-8,11-16H,2,5-6,9-10,17H2. The fourth-order valence-corrected chi connectivity index (χ4v) is 5.41. The summed E-state index contributed by atoms with van der Waals surface area (Å²) in [5, 5.41) is 1.37. The zero-order valence-electron chi connectivity index (χ0n) is 16.3. The summed E-state index contributed by atoms with van der Waals surface area (Å²) in [6.45, 7) is 0.455. The minimum absolute atomic E-state index is 0.0759. The van der Waals surface area contributed by atoms with Crippen LogP contribution in [0.2, 0.25) is 0 Å². The summed E-state index contributed by atoms with van der Waals surface area (Å²) in [6.07, 6.45) is 8.08. The lowest BCUT2D eigenvalue weighted by molar-refractivity contribution is 0.305. The molecular formula is C25H23NO2S. The maximum Gasteiger partial charge on any atom is 0.258 e. The zero-order chi connectivity index (χ0) is 19.6. The molecule has 0 spiro atoms. The van der Waals surface area contributed by atoms with Crippen molar-refractivity contribution in [1.82, 2.24) is 4.57 Å². The molecule has 0 atom stereocenters. The van der Waals surface area contributed by atoms with Crippen LogP contribution in [0.1, 0.15) is 35.3 Å². The van der Waals surface area contributed by atoms with E-state index in [1.807, 2.05) is 53.9 Å². The third-order valence-electron chi connectivity index (χ3n) is 5.61. The van der Waals surface area contributed by atoms with E-state index in [4.69, 9.17) is 4.74 Å². The lowest BCUT2D eigenvalue weighted by Gasteiger charge is -2.09. The van der Waals surface area contributed by atoms with E-state index in [1.54, 1.807) is 10.6 Å². The third-order valence-corrected chi connectivity index (χ3v) is 6.86. The Morgan fingerprint density at radius 3 is 2.66 bits per heavy atom. The van der Waals surface area contributed by atoms with Crippen LogP contribution in [-0.2, 0) is 19.4 Å². The van der Waals surface area contributed by atoms with Gasteiger partial charge in [-0.25, -0.2) is 0 Å². The first-order chi connectivity index (χ1) is 14.3. The number of rotatable bonds is 4. The fraction of sp³-hybridized carbons (Fsp3) is 0.240. The highest BCUT2D eigenvalue weighted by Gasteiger charge is 2.15. The number of ether oxygens (including phenoxy) is 1. The maximum absolute atomic E-state index is 12.7. The summed E-state index contributed by atoms with van der Waals surface area (Å²) in [5.41, 5.74) is 3.45. The van der Waals surface area contributed by atoms with E-state index >= 15 is 0 Å². The van der Waals surface area contributed by atoms with Crippen LogP contribution in [0.3, 0.4) is 0 Å². The summed E-state index contributed by atoms with van der Waals surface area (Å²) < 4.78 is 8.77. The van der Waals surface area contributed by atoms with Crippen LogP contribution in [-0.4, -0.2) is 4.57 Å². The van der Waals surface area contributed by atoms with Gasteiger partial charge in [-0.3, -0.25) is 9.36 Å². The molecule has 1 aliphatic rings. The number of nitrogens with zero attached hydrogens (tertiary/aromatic N) is 1. The Hall–Kier alpha value is -2.85. The van der Waals surface area contributed by atoms with E-state index in [1.165, 1.54) is 52.6 Å². The van der Waals surface area contributed by atoms with Gasteiger partial charge in [0.25, 0.3) is 5.56 Å². The topological polar surface area (TPSA) is 31.2 Å². The molecule has 0 unspecified atom stereocenters. The van der Waals surface area contributed by atoms with Crippen LogP contribution in [0.25, 0.3) is 15.8 Å². The Labute approximate surface area is 174 Å². The number of hydrogen-bond acceptors (Lipinski definition) is 3. The van der Waals surface area contributed by atoms with Crippen molar-refractivity contribution in [2.45, 2.75) is 38.7 Å². The molecule has 4 heteroatoms. The van der Waals surface area contributed by atoms with Crippen LogP contribution >= 0.6 is 11.3 Å². The highest BCUT2D eigenvalue weighted by atomic mass is 32.1. The number of thiophene rings is 1. The molecule has 0 N–H and O–H groups in total. The van der Waals surface area contributed by atoms with E-state index in [9.17, 15) is 4.79 Å². The summed E-state index contributed by atoms with van der Waals surface area (Å²) in [7, 11) is 0. The maximum atomic E-state index is 12.7. The molecule has 146 valence electrons. The molecule has 2 heterocycles. The largest absolute Gasteiger partial charge is 0.489 e. The van der Waals surface area contributed by atoms with Crippen LogP contribution < -0.4 is 10.3 Å². The summed E-state index contributed by atoms with van der Waals surface area (Å²) in [4.78, 5) is 14.2. The van der Waals surface area contributed by atoms with Gasteiger partial charge in [-0.1, -0.05) is 42.8 Å². The van der Waals surface area contributed by atoms with Crippen LogP contribution in [0, 0.1) is 0 Å². The minimum atomic E-state index is -0.0759. The molecule has 0 bridgehead atoms. The smallest absolute Gasteiger partial charge is 0.258 e. The molecule has 2 aromatic heterocycles. The molecule has 0 aliphatic heterocycles. The van der Waals surface area contributed by atoms with Crippen LogP contribution in [0.15, 0.2) is 71.7 Å². The molecule has 0 saturated carbocycles. The quantitative estimate of drug-likeness (QED) is 0.399. The average Bonchev–Trinajstić information content (AvgIpc) is 2.92. The Morgan fingerprint density at radius 2 is 1.79 bits per heavy atom. The van der Waals surface area contributed by atoms with Gasteiger partial charge in [-0.15, -0.1) is 11.3 Å². The molecule has 1 aliphatic carbocycles. The van der Waals surface area contributed by atoms with Crippen molar-refractivity contribution in [1.29, 1.82) is 0 Å². The molecule has 5 rings (SSSR count). The Bertz CT molecular complexity index is 1210. The molecular weight excluding hydrogens is 378 g/mol. The van der Waals surface area contributed by atoms with Gasteiger partial charge >= 0.3 is 0 Å². The van der Waals surface area contributed by atoms with E-state index < -0.39 is 0 Å². The van der Waals surface area contributed by atoms with Gasteiger partial charge in [0.2, 0.25) is 0 Å². The SMILES string of the molecule is O=c1cc(OCc2ccccc2)ccn1-c1ccc2c3c(sc2c1)CCCCC3. The predicted molar refractivity (Wildman–Crippen MR) is 119 cm³/mol. The third kappa shape index (κ3) is 3.73. The lowest BCUT2D eigenvalue weighted by Crippen LogP contribution is -2.16. The second kappa shape index (κ2) is 7.88. The first-order valence-corrected chi connectivity index (χ1v) is 11.0. The van der Waals surface area contributed by atoms with Crippen molar-refractivity contribution in [2.75, 3.05) is 0 Å². The van der Waals surface area contributed by atoms with Gasteiger partial charge in [0.05, 0.1) is 5.69 Å². The summed E-state index contributed by atoms with van der Waals surface area (Å²) in [5.74, 6) is 0.596. The molecule has 29 heavy (non-hydrogen) atoms. The van der Waals surface area contributed by atoms with Crippen molar-refractivity contribution in [2.24, 2.45) is 0 Å². The van der Waals surface area contributed by atoms with Crippen LogP contribution in [0.4, 0.5) is 0 Å². The molecule has 0 radical (unpaired) electrons. The van der Waals surface area contributed by atoms with Crippen molar-refractivity contribution in [3.05, 3.63) is 93.2 Å². The average molecular weight is 402 g/mol. The van der Waals surface area contributed by atoms with Gasteiger partial charge in [0, 0.05) is 21.8 Å². The Morgan fingerprint density at radius 1 is 0.931 bits per heavy atom. The molecule has 0 saturated heterocycles. The first-order valence-electron chi connectivity index (χ1n) is 10.2. The highest BCUT2D eigenvalue weighted by Crippen LogP contribution is 2.36. The molecule has 2 aromatic carbocycles. The van der Waals surface area contributed by atoms with Gasteiger partial charge in [-0.2, -0.15) is 0 Å². The van der Waals surface area contributed by atoms with Gasteiger partial charge < -0.3 is 4.74 Å². The van der Waals surface area contributed by atoms with Crippen molar-refractivity contribution in [3.8, 4) is 11.4 Å². The molecule has 4 aromatic rings. The summed E-state index contributed by atoms with van der Waals surface area (Å²) >= 11 is 1.90. The lowest BCUT2D eigenvalue weighted by atomic mass is 10.1. The number of hydrogen-bond donors (Lipinski definition) is 0. The van der Waals surface area contributed by atoms with E-state index in [-0.39, 0.29) is 5.56 Å². The normalized spacial score (nSPS) is 13.8. The predicted octanol–water partition coefficient (Wildman–Crippen LogP) is 5.90. The van der Waals surface area contributed by atoms with Gasteiger partial charge in [-0.05, 0) is 60.4 Å². The van der Waals surface area contributed by atoms with Gasteiger partial charge in [0.1, 0.15) is 12.4 Å². The second-order valence-corrected chi connectivity index (χ2v) is 8.73. The Kier molecular flexibility index (Phi) is 4.94. The van der Waals surface area contributed by atoms with E-state index in [2.05, 4.69) is 18.2 Å².